The predicted octanol–water partition coefficient (Wildman–Crippen LogP) is 2.02. The number of aliphatic carboxylic acids is 1. The molecule has 0 saturated carbocycles. The number of benzene rings is 1. The molecule has 0 aliphatic carbocycles. The Balaban J connectivity index is 2.92. The van der Waals surface area contributed by atoms with Gasteiger partial charge in [0.05, 0.1) is 10.7 Å². The van der Waals surface area contributed by atoms with Crippen LogP contribution in [0.25, 0.3) is 6.08 Å². The van der Waals surface area contributed by atoms with Crippen molar-refractivity contribution in [3.8, 4) is 0 Å². The van der Waals surface area contributed by atoms with Crippen LogP contribution in [0.2, 0.25) is 5.02 Å². The van der Waals surface area contributed by atoms with E-state index in [1.54, 1.807) is 18.2 Å². The molecule has 13 heavy (non-hydrogen) atoms. The van der Waals surface area contributed by atoms with Gasteiger partial charge in [-0.3, -0.25) is 0 Å². The molecule has 0 fully saturated rings. The number of carboxylic acid groups (broad SMARTS) is 1. The summed E-state index contributed by atoms with van der Waals surface area (Å²) in [5.74, 6) is -0.992. The maximum Gasteiger partial charge on any atom is 0.328 e. The van der Waals surface area contributed by atoms with Crippen molar-refractivity contribution in [1.29, 1.82) is 0 Å². The molecule has 0 amide bonds. The number of nitrogen functional groups attached to an aromatic ring is 1. The number of carboxylic acids is 1. The van der Waals surface area contributed by atoms with Crippen LogP contribution in [-0.4, -0.2) is 11.1 Å². The molecule has 0 aliphatic rings. The van der Waals surface area contributed by atoms with E-state index < -0.39 is 5.97 Å². The molecule has 68 valence electrons. The summed E-state index contributed by atoms with van der Waals surface area (Å²) in [7, 11) is 0. The smallest absolute Gasteiger partial charge is 0.328 e. The Morgan fingerprint density at radius 2 is 2.23 bits per heavy atom. The summed E-state index contributed by atoms with van der Waals surface area (Å²) in [6.45, 7) is 0. The van der Waals surface area contributed by atoms with E-state index in [4.69, 9.17) is 22.4 Å². The summed E-state index contributed by atoms with van der Waals surface area (Å²) in [6.07, 6.45) is 2.50. The molecule has 0 unspecified atom stereocenters. The van der Waals surface area contributed by atoms with Crippen LogP contribution in [0.3, 0.4) is 0 Å². The van der Waals surface area contributed by atoms with Crippen molar-refractivity contribution in [2.24, 2.45) is 0 Å². The molecule has 0 heterocycles. The quantitative estimate of drug-likeness (QED) is 0.563. The van der Waals surface area contributed by atoms with E-state index in [1.165, 1.54) is 6.08 Å². The number of nitrogens with two attached hydrogens (primary N) is 1. The Labute approximate surface area is 80.4 Å². The van der Waals surface area contributed by atoms with Gasteiger partial charge in [0.1, 0.15) is 0 Å². The lowest BCUT2D eigenvalue weighted by Gasteiger charge is -1.98. The minimum Gasteiger partial charge on any atom is -0.478 e. The highest BCUT2D eigenvalue weighted by molar-refractivity contribution is 6.33. The zero-order valence-electron chi connectivity index (χ0n) is 6.70. The first-order valence-electron chi connectivity index (χ1n) is 3.55. The van der Waals surface area contributed by atoms with Crippen LogP contribution >= 0.6 is 11.6 Å². The lowest BCUT2D eigenvalue weighted by molar-refractivity contribution is -0.131. The van der Waals surface area contributed by atoms with E-state index >= 15 is 0 Å². The number of hydrogen-bond acceptors (Lipinski definition) is 2. The fourth-order valence-electron chi connectivity index (χ4n) is 0.833. The minimum atomic E-state index is -0.992. The van der Waals surface area contributed by atoms with Crippen molar-refractivity contribution in [2.45, 2.75) is 0 Å². The Bertz CT molecular complexity index is 361. The van der Waals surface area contributed by atoms with E-state index in [0.717, 1.165) is 6.08 Å². The molecular weight excluding hydrogens is 190 g/mol. The van der Waals surface area contributed by atoms with Gasteiger partial charge in [-0.15, -0.1) is 0 Å². The Kier molecular flexibility index (Phi) is 2.93. The van der Waals surface area contributed by atoms with Crippen LogP contribution in [0.5, 0.6) is 0 Å². The second kappa shape index (κ2) is 3.96. The molecule has 4 heteroatoms. The maximum atomic E-state index is 10.2. The molecule has 0 aromatic heterocycles. The van der Waals surface area contributed by atoms with Crippen molar-refractivity contribution < 1.29 is 9.90 Å². The highest BCUT2D eigenvalue weighted by Crippen LogP contribution is 2.19. The molecule has 3 nitrogen and oxygen atoms in total. The molecular formula is C9H8ClNO2. The number of hydrogen-bond donors (Lipinski definition) is 2. The Hall–Kier alpha value is -1.48. The van der Waals surface area contributed by atoms with Gasteiger partial charge >= 0.3 is 5.97 Å². The third-order valence-corrected chi connectivity index (χ3v) is 1.78. The Morgan fingerprint density at radius 1 is 1.54 bits per heavy atom. The normalized spacial score (nSPS) is 10.5. The molecule has 1 aromatic carbocycles. The zero-order chi connectivity index (χ0) is 9.84. The second-order valence-corrected chi connectivity index (χ2v) is 2.86. The van der Waals surface area contributed by atoms with Gasteiger partial charge in [0.25, 0.3) is 0 Å². The van der Waals surface area contributed by atoms with Crippen molar-refractivity contribution in [3.63, 3.8) is 0 Å². The second-order valence-electron chi connectivity index (χ2n) is 2.45. The van der Waals surface area contributed by atoms with Crippen LogP contribution in [0.1, 0.15) is 5.56 Å². The van der Waals surface area contributed by atoms with Gasteiger partial charge in [-0.25, -0.2) is 4.79 Å². The van der Waals surface area contributed by atoms with Gasteiger partial charge in [0.15, 0.2) is 0 Å². The minimum absolute atomic E-state index is 0.439. The van der Waals surface area contributed by atoms with E-state index in [0.29, 0.717) is 16.3 Å². The summed E-state index contributed by atoms with van der Waals surface area (Å²) >= 11 is 5.68. The van der Waals surface area contributed by atoms with Crippen LogP contribution in [0.15, 0.2) is 24.3 Å². The topological polar surface area (TPSA) is 63.3 Å². The standard InChI is InChI=1S/C9H8ClNO2/c10-7-3-1-6(5-8(7)11)2-4-9(12)13/h1-5H,11H2,(H,12,13)/b4-2-. The molecule has 0 radical (unpaired) electrons. The van der Waals surface area contributed by atoms with E-state index in [-0.39, 0.29) is 0 Å². The summed E-state index contributed by atoms with van der Waals surface area (Å²) in [5, 5.41) is 8.82. The fraction of sp³-hybridized carbons (Fsp3) is 0. The third-order valence-electron chi connectivity index (χ3n) is 1.44. The molecule has 0 spiro atoms. The maximum absolute atomic E-state index is 10.2. The predicted molar refractivity (Wildman–Crippen MR) is 52.5 cm³/mol. The molecule has 3 N–H and O–H groups in total. The van der Waals surface area contributed by atoms with Gasteiger partial charge in [-0.05, 0) is 23.8 Å². The van der Waals surface area contributed by atoms with Gasteiger partial charge in [0, 0.05) is 6.08 Å². The van der Waals surface area contributed by atoms with E-state index in [2.05, 4.69) is 0 Å². The molecule has 0 saturated heterocycles. The summed E-state index contributed by atoms with van der Waals surface area (Å²) < 4.78 is 0. The van der Waals surface area contributed by atoms with Crippen molar-refractivity contribution in [2.75, 3.05) is 5.73 Å². The lowest BCUT2D eigenvalue weighted by atomic mass is 10.2. The first-order valence-corrected chi connectivity index (χ1v) is 3.93. The highest BCUT2D eigenvalue weighted by Gasteiger charge is 1.95. The van der Waals surface area contributed by atoms with Crippen LogP contribution in [0, 0.1) is 0 Å². The largest absolute Gasteiger partial charge is 0.478 e. The first-order chi connectivity index (χ1) is 6.09. The number of rotatable bonds is 2. The summed E-state index contributed by atoms with van der Waals surface area (Å²) in [5.41, 5.74) is 6.67. The van der Waals surface area contributed by atoms with Gasteiger partial charge in [-0.2, -0.15) is 0 Å². The van der Waals surface area contributed by atoms with Crippen molar-refractivity contribution in [3.05, 3.63) is 34.9 Å². The zero-order valence-corrected chi connectivity index (χ0v) is 7.45. The summed E-state index contributed by atoms with van der Waals surface area (Å²) in [6, 6.07) is 4.93. The highest BCUT2D eigenvalue weighted by atomic mass is 35.5. The van der Waals surface area contributed by atoms with Gasteiger partial charge in [0.2, 0.25) is 0 Å². The van der Waals surface area contributed by atoms with Crippen LogP contribution in [-0.2, 0) is 4.79 Å². The molecule has 1 aromatic rings. The van der Waals surface area contributed by atoms with Crippen LogP contribution < -0.4 is 5.73 Å². The average Bonchev–Trinajstić information content (AvgIpc) is 2.07. The van der Waals surface area contributed by atoms with Crippen molar-refractivity contribution >= 4 is 29.3 Å². The van der Waals surface area contributed by atoms with Gasteiger partial charge in [-0.1, -0.05) is 17.7 Å². The average molecular weight is 198 g/mol. The monoisotopic (exact) mass is 197 g/mol. The molecule has 0 bridgehead atoms. The molecule has 1 rings (SSSR count). The number of anilines is 1. The fourth-order valence-corrected chi connectivity index (χ4v) is 0.951. The lowest BCUT2D eigenvalue weighted by Crippen LogP contribution is -1.88. The summed E-state index contributed by atoms with van der Waals surface area (Å²) in [4.78, 5) is 10.2. The SMILES string of the molecule is Nc1cc(/C=C\C(=O)O)ccc1Cl. The van der Waals surface area contributed by atoms with Crippen molar-refractivity contribution in [1.82, 2.24) is 0 Å². The van der Waals surface area contributed by atoms with Gasteiger partial charge < -0.3 is 10.8 Å². The first kappa shape index (κ1) is 9.61. The number of halogens is 1. The number of carbonyl (C=O) groups is 1. The van der Waals surface area contributed by atoms with E-state index in [9.17, 15) is 4.79 Å². The molecule has 0 aliphatic heterocycles. The van der Waals surface area contributed by atoms with E-state index in [1.807, 2.05) is 0 Å². The van der Waals surface area contributed by atoms with Crippen LogP contribution in [0.4, 0.5) is 5.69 Å². The molecule has 0 atom stereocenters. The Morgan fingerprint density at radius 3 is 2.77 bits per heavy atom. The third kappa shape index (κ3) is 2.80.